The number of hydrogen-bond acceptors (Lipinski definition) is 4. The maximum Gasteiger partial charge on any atom is 0.240 e. The molecular weight excluding hydrogens is 495 g/mol. The number of nitrogens with zero attached hydrogens (tertiary/aromatic N) is 2. The normalized spacial score (nSPS) is 11.7. The fraction of sp³-hybridized carbons (Fsp3) is 0.389. The lowest BCUT2D eigenvalue weighted by atomic mass is 10.3. The van der Waals surface area contributed by atoms with Crippen molar-refractivity contribution in [2.45, 2.75) is 18.2 Å². The second kappa shape index (κ2) is 12.3. The standard InChI is InChI=1S/C18H26N4O2S2.HI/c1-3-19-18(22(2)14-11-16-8-7-15-25-16)20-12-13-21-26(23,24)17-9-5-4-6-10-17;/h4-10,15,21H,3,11-14H2,1-2H3,(H,19,20);1H. The molecule has 1 aromatic heterocycles. The number of nitrogens with one attached hydrogen (secondary N) is 2. The minimum absolute atomic E-state index is 0. The van der Waals surface area contributed by atoms with Gasteiger partial charge in [-0.3, -0.25) is 4.99 Å². The van der Waals surface area contributed by atoms with Gasteiger partial charge < -0.3 is 10.2 Å². The van der Waals surface area contributed by atoms with Gasteiger partial charge in [0, 0.05) is 31.6 Å². The third kappa shape index (κ3) is 8.16. The second-order valence-electron chi connectivity index (χ2n) is 5.70. The van der Waals surface area contributed by atoms with Gasteiger partial charge in [0.1, 0.15) is 0 Å². The molecule has 9 heteroatoms. The number of guanidine groups is 1. The molecule has 0 aliphatic rings. The summed E-state index contributed by atoms with van der Waals surface area (Å²) < 4.78 is 27.0. The van der Waals surface area contributed by atoms with Crippen molar-refractivity contribution in [2.75, 3.05) is 33.2 Å². The number of benzene rings is 1. The van der Waals surface area contributed by atoms with E-state index in [0.29, 0.717) is 6.54 Å². The Morgan fingerprint density at radius 3 is 2.56 bits per heavy atom. The van der Waals surface area contributed by atoms with E-state index in [4.69, 9.17) is 0 Å². The van der Waals surface area contributed by atoms with E-state index >= 15 is 0 Å². The molecule has 1 heterocycles. The molecule has 2 rings (SSSR count). The lowest BCUT2D eigenvalue weighted by Gasteiger charge is -2.21. The first-order chi connectivity index (χ1) is 12.5. The molecule has 0 fully saturated rings. The molecule has 150 valence electrons. The number of hydrogen-bond donors (Lipinski definition) is 2. The molecule has 0 spiro atoms. The number of rotatable bonds is 9. The predicted molar refractivity (Wildman–Crippen MR) is 124 cm³/mol. The zero-order valence-corrected chi connectivity index (χ0v) is 19.6. The number of likely N-dealkylation sites (N-methyl/N-ethyl adjacent to an activating group) is 1. The quantitative estimate of drug-likeness (QED) is 0.230. The summed E-state index contributed by atoms with van der Waals surface area (Å²) in [4.78, 5) is 8.19. The fourth-order valence-corrected chi connectivity index (χ4v) is 4.07. The molecule has 0 saturated carbocycles. The smallest absolute Gasteiger partial charge is 0.240 e. The third-order valence-electron chi connectivity index (χ3n) is 3.69. The Bertz CT molecular complexity index is 781. The van der Waals surface area contributed by atoms with Crippen LogP contribution in [0.2, 0.25) is 0 Å². The lowest BCUT2D eigenvalue weighted by molar-refractivity contribution is 0.486. The Balaban J connectivity index is 0.00000364. The summed E-state index contributed by atoms with van der Waals surface area (Å²) in [6.45, 7) is 4.25. The summed E-state index contributed by atoms with van der Waals surface area (Å²) in [6, 6.07) is 12.5. The number of halogens is 1. The Morgan fingerprint density at radius 2 is 1.93 bits per heavy atom. The van der Waals surface area contributed by atoms with Gasteiger partial charge in [0.15, 0.2) is 5.96 Å². The molecule has 0 unspecified atom stereocenters. The highest BCUT2D eigenvalue weighted by Gasteiger charge is 2.12. The highest BCUT2D eigenvalue weighted by molar-refractivity contribution is 14.0. The number of sulfonamides is 1. The molecule has 0 atom stereocenters. The molecule has 0 aliphatic heterocycles. The van der Waals surface area contributed by atoms with Crippen molar-refractivity contribution in [2.24, 2.45) is 4.99 Å². The zero-order chi connectivity index (χ0) is 18.8. The van der Waals surface area contributed by atoms with Crippen LogP contribution in [0.25, 0.3) is 0 Å². The van der Waals surface area contributed by atoms with Crippen molar-refractivity contribution in [3.63, 3.8) is 0 Å². The van der Waals surface area contributed by atoms with Crippen LogP contribution in [-0.4, -0.2) is 52.5 Å². The van der Waals surface area contributed by atoms with E-state index in [1.165, 1.54) is 4.88 Å². The monoisotopic (exact) mass is 522 g/mol. The van der Waals surface area contributed by atoms with Crippen LogP contribution in [0.3, 0.4) is 0 Å². The lowest BCUT2D eigenvalue weighted by Crippen LogP contribution is -2.40. The molecular formula is C18H27IN4O2S2. The maximum absolute atomic E-state index is 12.2. The summed E-state index contributed by atoms with van der Waals surface area (Å²) in [5, 5.41) is 5.32. The van der Waals surface area contributed by atoms with E-state index in [1.54, 1.807) is 41.7 Å². The first kappa shape index (κ1) is 23.9. The van der Waals surface area contributed by atoms with Crippen molar-refractivity contribution < 1.29 is 8.42 Å². The minimum Gasteiger partial charge on any atom is -0.357 e. The van der Waals surface area contributed by atoms with Gasteiger partial charge in [0.25, 0.3) is 0 Å². The molecule has 0 aliphatic carbocycles. The fourth-order valence-electron chi connectivity index (χ4n) is 2.33. The number of thiophene rings is 1. The average Bonchev–Trinajstić information content (AvgIpc) is 3.16. The third-order valence-corrected chi connectivity index (χ3v) is 6.10. The van der Waals surface area contributed by atoms with Crippen molar-refractivity contribution >= 4 is 51.3 Å². The highest BCUT2D eigenvalue weighted by Crippen LogP contribution is 2.09. The van der Waals surface area contributed by atoms with Gasteiger partial charge in [0.2, 0.25) is 10.0 Å². The summed E-state index contributed by atoms with van der Waals surface area (Å²) >= 11 is 1.75. The molecule has 1 aromatic carbocycles. The highest BCUT2D eigenvalue weighted by atomic mass is 127. The Morgan fingerprint density at radius 1 is 1.19 bits per heavy atom. The van der Waals surface area contributed by atoms with E-state index < -0.39 is 10.0 Å². The molecule has 0 saturated heterocycles. The van der Waals surface area contributed by atoms with Crippen molar-refractivity contribution in [1.29, 1.82) is 0 Å². The van der Waals surface area contributed by atoms with Gasteiger partial charge in [-0.25, -0.2) is 13.1 Å². The topological polar surface area (TPSA) is 73.8 Å². The van der Waals surface area contributed by atoms with Crippen molar-refractivity contribution in [1.82, 2.24) is 14.9 Å². The van der Waals surface area contributed by atoms with Gasteiger partial charge in [-0.2, -0.15) is 0 Å². The summed E-state index contributed by atoms with van der Waals surface area (Å²) in [5.74, 6) is 0.781. The van der Waals surface area contributed by atoms with Gasteiger partial charge in [-0.1, -0.05) is 24.3 Å². The summed E-state index contributed by atoms with van der Waals surface area (Å²) in [5.41, 5.74) is 0. The molecule has 6 nitrogen and oxygen atoms in total. The van der Waals surface area contributed by atoms with Gasteiger partial charge in [-0.15, -0.1) is 35.3 Å². The molecule has 0 amide bonds. The van der Waals surface area contributed by atoms with Crippen LogP contribution in [0, 0.1) is 0 Å². The van der Waals surface area contributed by atoms with Gasteiger partial charge >= 0.3 is 0 Å². The summed E-state index contributed by atoms with van der Waals surface area (Å²) in [7, 11) is -1.49. The minimum atomic E-state index is -3.48. The Hall–Kier alpha value is -1.17. The first-order valence-electron chi connectivity index (χ1n) is 8.59. The van der Waals surface area contributed by atoms with E-state index in [9.17, 15) is 8.42 Å². The molecule has 27 heavy (non-hydrogen) atoms. The van der Waals surface area contributed by atoms with Crippen LogP contribution < -0.4 is 10.0 Å². The van der Waals surface area contributed by atoms with Crippen LogP contribution in [0.4, 0.5) is 0 Å². The van der Waals surface area contributed by atoms with Crippen molar-refractivity contribution in [3.8, 4) is 0 Å². The summed E-state index contributed by atoms with van der Waals surface area (Å²) in [6.07, 6.45) is 0.958. The van der Waals surface area contributed by atoms with E-state index in [2.05, 4.69) is 37.4 Å². The second-order valence-corrected chi connectivity index (χ2v) is 8.50. The molecule has 0 radical (unpaired) electrons. The van der Waals surface area contributed by atoms with E-state index in [0.717, 1.165) is 25.5 Å². The van der Waals surface area contributed by atoms with Gasteiger partial charge in [-0.05, 0) is 36.9 Å². The van der Waals surface area contributed by atoms with E-state index in [-0.39, 0.29) is 35.4 Å². The molecule has 2 N–H and O–H groups in total. The average molecular weight is 522 g/mol. The SMILES string of the molecule is CCNC(=NCCNS(=O)(=O)c1ccccc1)N(C)CCc1cccs1.I. The largest absolute Gasteiger partial charge is 0.357 e. The van der Waals surface area contributed by atoms with Crippen LogP contribution in [-0.2, 0) is 16.4 Å². The van der Waals surface area contributed by atoms with Crippen LogP contribution in [0.1, 0.15) is 11.8 Å². The number of aliphatic imine (C=N–C) groups is 1. The van der Waals surface area contributed by atoms with Crippen molar-refractivity contribution in [3.05, 3.63) is 52.7 Å². The van der Waals surface area contributed by atoms with Crippen LogP contribution in [0.15, 0.2) is 57.7 Å². The first-order valence-corrected chi connectivity index (χ1v) is 11.0. The predicted octanol–water partition coefficient (Wildman–Crippen LogP) is 2.78. The molecule has 2 aromatic rings. The Labute approximate surface area is 183 Å². The molecule has 0 bridgehead atoms. The Kier molecular flexibility index (Phi) is 10.9. The maximum atomic E-state index is 12.2. The zero-order valence-electron chi connectivity index (χ0n) is 15.6. The van der Waals surface area contributed by atoms with Crippen LogP contribution in [0.5, 0.6) is 0 Å². The van der Waals surface area contributed by atoms with Gasteiger partial charge in [0.05, 0.1) is 11.4 Å². The van der Waals surface area contributed by atoms with Crippen LogP contribution >= 0.6 is 35.3 Å². The van der Waals surface area contributed by atoms with E-state index in [1.807, 2.05) is 14.0 Å².